The second kappa shape index (κ2) is 11.2. The largest absolute Gasteiger partial charge is 0.491 e. The lowest BCUT2D eigenvalue weighted by Crippen LogP contribution is -2.20. The van der Waals surface area contributed by atoms with E-state index < -0.39 is 0 Å². The molecule has 0 saturated carbocycles. The molecule has 0 aliphatic carbocycles. The Bertz CT molecular complexity index is 717. The van der Waals surface area contributed by atoms with Gasteiger partial charge in [-0.3, -0.25) is 4.79 Å². The van der Waals surface area contributed by atoms with Gasteiger partial charge in [0.25, 0.3) is 5.91 Å². The van der Waals surface area contributed by atoms with Crippen molar-refractivity contribution in [2.24, 2.45) is 0 Å². The fourth-order valence-corrected chi connectivity index (χ4v) is 2.61. The molecule has 0 aliphatic heterocycles. The first-order valence-electron chi connectivity index (χ1n) is 9.46. The predicted octanol–water partition coefficient (Wildman–Crippen LogP) is 4.63. The van der Waals surface area contributed by atoms with Crippen molar-refractivity contribution < 1.29 is 19.0 Å². The highest BCUT2D eigenvalue weighted by Crippen LogP contribution is 2.28. The molecule has 2 aromatic carbocycles. The molecule has 2 aromatic rings. The van der Waals surface area contributed by atoms with Crippen LogP contribution in [0.2, 0.25) is 0 Å². The lowest BCUT2D eigenvalue weighted by Gasteiger charge is -2.15. The van der Waals surface area contributed by atoms with Crippen LogP contribution in [0.15, 0.2) is 48.5 Å². The van der Waals surface area contributed by atoms with Crippen LogP contribution < -0.4 is 14.8 Å². The maximum absolute atomic E-state index is 12.3. The number of ether oxygens (including phenoxy) is 3. The van der Waals surface area contributed by atoms with Crippen molar-refractivity contribution in [2.45, 2.75) is 33.1 Å². The molecule has 0 aliphatic rings. The zero-order valence-electron chi connectivity index (χ0n) is 16.4. The van der Waals surface area contributed by atoms with E-state index in [4.69, 9.17) is 14.2 Å². The Morgan fingerprint density at radius 1 is 1.04 bits per heavy atom. The lowest BCUT2D eigenvalue weighted by atomic mass is 9.98. The normalized spacial score (nSPS) is 11.7. The van der Waals surface area contributed by atoms with E-state index in [2.05, 4.69) is 19.2 Å². The summed E-state index contributed by atoms with van der Waals surface area (Å²) in [5.41, 5.74) is 1.80. The van der Waals surface area contributed by atoms with Gasteiger partial charge in [-0.1, -0.05) is 38.1 Å². The minimum atomic E-state index is -0.208. The average Bonchev–Trinajstić information content (AvgIpc) is 2.69. The summed E-state index contributed by atoms with van der Waals surface area (Å²) in [4.78, 5) is 12.3. The van der Waals surface area contributed by atoms with Crippen molar-refractivity contribution >= 4 is 11.6 Å². The fraction of sp³-hybridized carbons (Fsp3) is 0.409. The number of benzene rings is 2. The van der Waals surface area contributed by atoms with Crippen LogP contribution in [0, 0.1) is 0 Å². The summed E-state index contributed by atoms with van der Waals surface area (Å²) >= 11 is 0. The summed E-state index contributed by atoms with van der Waals surface area (Å²) in [7, 11) is 0. The molecule has 0 heterocycles. The maximum Gasteiger partial charge on any atom is 0.262 e. The van der Waals surface area contributed by atoms with E-state index in [0.717, 1.165) is 17.7 Å². The number of amides is 1. The zero-order chi connectivity index (χ0) is 19.5. The summed E-state index contributed by atoms with van der Waals surface area (Å²) < 4.78 is 16.6. The van der Waals surface area contributed by atoms with Gasteiger partial charge < -0.3 is 19.5 Å². The van der Waals surface area contributed by atoms with E-state index in [9.17, 15) is 4.79 Å². The first-order chi connectivity index (χ1) is 13.1. The Hall–Kier alpha value is -2.53. The Morgan fingerprint density at radius 2 is 1.85 bits per heavy atom. The van der Waals surface area contributed by atoms with Gasteiger partial charge in [0.15, 0.2) is 6.61 Å². The molecule has 1 unspecified atom stereocenters. The van der Waals surface area contributed by atoms with E-state index in [1.807, 2.05) is 49.4 Å². The second-order valence-electron chi connectivity index (χ2n) is 6.26. The molecular weight excluding hydrogens is 342 g/mol. The molecule has 0 fully saturated rings. The highest BCUT2D eigenvalue weighted by Gasteiger charge is 2.11. The lowest BCUT2D eigenvalue weighted by molar-refractivity contribution is -0.118. The molecule has 0 radical (unpaired) electrons. The Morgan fingerprint density at radius 3 is 2.63 bits per heavy atom. The summed E-state index contributed by atoms with van der Waals surface area (Å²) in [6, 6.07) is 15.2. The number of hydrogen-bond acceptors (Lipinski definition) is 4. The van der Waals surface area contributed by atoms with E-state index in [0.29, 0.717) is 37.2 Å². The number of carbonyl (C=O) groups excluding carboxylic acids is 1. The smallest absolute Gasteiger partial charge is 0.262 e. The van der Waals surface area contributed by atoms with Crippen LogP contribution in [-0.4, -0.2) is 32.3 Å². The minimum Gasteiger partial charge on any atom is -0.491 e. The van der Waals surface area contributed by atoms with Gasteiger partial charge in [-0.05, 0) is 43.0 Å². The third-order valence-corrected chi connectivity index (χ3v) is 4.24. The maximum atomic E-state index is 12.3. The monoisotopic (exact) mass is 371 g/mol. The van der Waals surface area contributed by atoms with E-state index in [1.54, 1.807) is 6.07 Å². The quantitative estimate of drug-likeness (QED) is 0.585. The number of hydrogen-bond donors (Lipinski definition) is 1. The van der Waals surface area contributed by atoms with Gasteiger partial charge in [0, 0.05) is 18.4 Å². The van der Waals surface area contributed by atoms with Crippen LogP contribution in [0.4, 0.5) is 5.69 Å². The van der Waals surface area contributed by atoms with Crippen LogP contribution >= 0.6 is 0 Å². The minimum absolute atomic E-state index is 0.0388. The molecule has 27 heavy (non-hydrogen) atoms. The van der Waals surface area contributed by atoms with Gasteiger partial charge in [-0.15, -0.1) is 0 Å². The number of rotatable bonds is 11. The molecule has 1 atom stereocenters. The molecule has 1 amide bonds. The number of para-hydroxylation sites is 1. The number of nitrogens with one attached hydrogen (secondary N) is 1. The SMILES string of the molecule is CCOCCOc1cccc(NC(=O)COc2ccccc2C(C)CC)c1. The molecule has 146 valence electrons. The predicted molar refractivity (Wildman–Crippen MR) is 108 cm³/mol. The number of carbonyl (C=O) groups is 1. The van der Waals surface area contributed by atoms with Crippen LogP contribution in [0.3, 0.4) is 0 Å². The van der Waals surface area contributed by atoms with Crippen LogP contribution in [-0.2, 0) is 9.53 Å². The third kappa shape index (κ3) is 6.94. The van der Waals surface area contributed by atoms with Gasteiger partial charge in [0.2, 0.25) is 0 Å². The van der Waals surface area contributed by atoms with Gasteiger partial charge in [0.1, 0.15) is 18.1 Å². The summed E-state index contributed by atoms with van der Waals surface area (Å²) in [6.07, 6.45) is 1.02. The summed E-state index contributed by atoms with van der Waals surface area (Å²) in [6.45, 7) is 7.87. The molecular formula is C22H29NO4. The molecule has 1 N–H and O–H groups in total. The molecule has 5 nitrogen and oxygen atoms in total. The van der Waals surface area contributed by atoms with Crippen LogP contribution in [0.5, 0.6) is 11.5 Å². The fourth-order valence-electron chi connectivity index (χ4n) is 2.61. The second-order valence-corrected chi connectivity index (χ2v) is 6.26. The van der Waals surface area contributed by atoms with Gasteiger partial charge in [0.05, 0.1) is 6.61 Å². The standard InChI is InChI=1S/C22H29NO4/c1-4-17(3)20-11-6-7-12-21(20)27-16-22(24)23-18-9-8-10-19(15-18)26-14-13-25-5-2/h6-12,15,17H,4-5,13-14,16H2,1-3H3,(H,23,24). The van der Waals surface area contributed by atoms with Crippen LogP contribution in [0.25, 0.3) is 0 Å². The van der Waals surface area contributed by atoms with Gasteiger partial charge in [-0.2, -0.15) is 0 Å². The summed E-state index contributed by atoms with van der Waals surface area (Å²) in [5, 5.41) is 2.84. The first-order valence-corrected chi connectivity index (χ1v) is 9.46. The molecule has 0 saturated heterocycles. The van der Waals surface area contributed by atoms with E-state index in [1.165, 1.54) is 0 Å². The molecule has 0 aromatic heterocycles. The van der Waals surface area contributed by atoms with Crippen molar-refractivity contribution in [3.05, 3.63) is 54.1 Å². The number of anilines is 1. The zero-order valence-corrected chi connectivity index (χ0v) is 16.4. The summed E-state index contributed by atoms with van der Waals surface area (Å²) in [5.74, 6) is 1.63. The van der Waals surface area contributed by atoms with E-state index in [-0.39, 0.29) is 12.5 Å². The van der Waals surface area contributed by atoms with Crippen molar-refractivity contribution in [3.8, 4) is 11.5 Å². The van der Waals surface area contributed by atoms with Crippen molar-refractivity contribution in [1.82, 2.24) is 0 Å². The molecule has 5 heteroatoms. The van der Waals surface area contributed by atoms with Crippen LogP contribution in [0.1, 0.15) is 38.7 Å². The van der Waals surface area contributed by atoms with E-state index >= 15 is 0 Å². The van der Waals surface area contributed by atoms with Gasteiger partial charge in [-0.25, -0.2) is 0 Å². The molecule has 2 rings (SSSR count). The molecule has 0 bridgehead atoms. The third-order valence-electron chi connectivity index (χ3n) is 4.24. The van der Waals surface area contributed by atoms with Crippen molar-refractivity contribution in [3.63, 3.8) is 0 Å². The van der Waals surface area contributed by atoms with Gasteiger partial charge >= 0.3 is 0 Å². The highest BCUT2D eigenvalue weighted by atomic mass is 16.5. The Labute approximate surface area is 161 Å². The molecule has 0 spiro atoms. The van der Waals surface area contributed by atoms with Crippen molar-refractivity contribution in [2.75, 3.05) is 31.7 Å². The topological polar surface area (TPSA) is 56.8 Å². The van der Waals surface area contributed by atoms with Crippen molar-refractivity contribution in [1.29, 1.82) is 0 Å². The Kier molecular flexibility index (Phi) is 8.65. The Balaban J connectivity index is 1.87. The first kappa shape index (κ1) is 20.8. The highest BCUT2D eigenvalue weighted by molar-refractivity contribution is 5.92. The average molecular weight is 371 g/mol.